The Labute approximate surface area is 150 Å². The molecule has 0 saturated carbocycles. The minimum absolute atomic E-state index is 0.00714. The molecule has 136 valence electrons. The second kappa shape index (κ2) is 5.48. The van der Waals surface area contributed by atoms with Crippen LogP contribution >= 0.6 is 0 Å². The van der Waals surface area contributed by atoms with E-state index in [1.54, 1.807) is 0 Å². The van der Waals surface area contributed by atoms with Crippen LogP contribution in [0.5, 0.6) is 0 Å². The van der Waals surface area contributed by atoms with Gasteiger partial charge in [-0.25, -0.2) is 4.39 Å². The highest BCUT2D eigenvalue weighted by Gasteiger charge is 2.70. The lowest BCUT2D eigenvalue weighted by Gasteiger charge is -2.30. The van der Waals surface area contributed by atoms with E-state index in [-0.39, 0.29) is 24.4 Å². The van der Waals surface area contributed by atoms with Gasteiger partial charge >= 0.3 is 0 Å². The number of hydrogen-bond acceptors (Lipinski definition) is 4. The van der Waals surface area contributed by atoms with Gasteiger partial charge in [0.2, 0.25) is 17.7 Å². The zero-order valence-electron chi connectivity index (χ0n) is 14.6. The van der Waals surface area contributed by atoms with Gasteiger partial charge in [0.25, 0.3) is 0 Å². The number of nitrogens with one attached hydrogen (secondary N) is 2. The maximum Gasteiger partial charge on any atom is 0.250 e. The zero-order chi connectivity index (χ0) is 18.8. The van der Waals surface area contributed by atoms with Crippen molar-refractivity contribution in [2.24, 2.45) is 17.8 Å². The van der Waals surface area contributed by atoms with Crippen LogP contribution in [0, 0.1) is 23.6 Å². The van der Waals surface area contributed by atoms with Crippen LogP contribution in [0.1, 0.15) is 19.4 Å². The SMILES string of the molecule is C=CCN1C(=O)C2C(C(C)C)NC3(C(=O)Nc4ccc(F)cc43)C2C1=O. The van der Waals surface area contributed by atoms with Crippen molar-refractivity contribution >= 4 is 23.4 Å². The molecule has 4 rings (SSSR count). The van der Waals surface area contributed by atoms with Crippen molar-refractivity contribution in [1.82, 2.24) is 10.2 Å². The Balaban J connectivity index is 1.92. The highest BCUT2D eigenvalue weighted by Crippen LogP contribution is 2.53. The number of carbonyl (C=O) groups excluding carboxylic acids is 3. The molecule has 1 aromatic carbocycles. The molecular formula is C19H20FN3O3. The molecule has 0 bridgehead atoms. The standard InChI is InChI=1S/C19H20FN3O3/c1-4-7-23-16(24)13-14(17(23)25)19(22-15(13)9(2)3)11-8-10(20)5-6-12(11)21-18(19)26/h4-6,8-9,13-15,22H,1,7H2,2-3H3,(H,21,26). The van der Waals surface area contributed by atoms with Gasteiger partial charge in [-0.15, -0.1) is 6.58 Å². The monoisotopic (exact) mass is 357 g/mol. The molecule has 2 saturated heterocycles. The second-order valence-corrected chi connectivity index (χ2v) is 7.45. The van der Waals surface area contributed by atoms with E-state index < -0.39 is 35.0 Å². The molecule has 26 heavy (non-hydrogen) atoms. The predicted octanol–water partition coefficient (Wildman–Crippen LogP) is 1.39. The summed E-state index contributed by atoms with van der Waals surface area (Å²) >= 11 is 0. The van der Waals surface area contributed by atoms with Gasteiger partial charge in [-0.1, -0.05) is 19.9 Å². The van der Waals surface area contributed by atoms with Crippen molar-refractivity contribution in [3.05, 3.63) is 42.2 Å². The summed E-state index contributed by atoms with van der Waals surface area (Å²) in [6, 6.07) is 3.65. The minimum atomic E-state index is -1.43. The summed E-state index contributed by atoms with van der Waals surface area (Å²) in [5.41, 5.74) is -0.573. The molecule has 3 aliphatic heterocycles. The lowest BCUT2D eigenvalue weighted by molar-refractivity contribution is -0.142. The molecule has 3 heterocycles. The van der Waals surface area contributed by atoms with Crippen molar-refractivity contribution in [3.8, 4) is 0 Å². The summed E-state index contributed by atoms with van der Waals surface area (Å²) in [6.45, 7) is 7.57. The first-order chi connectivity index (χ1) is 12.3. The summed E-state index contributed by atoms with van der Waals surface area (Å²) in [4.78, 5) is 40.2. The summed E-state index contributed by atoms with van der Waals surface area (Å²) in [5, 5.41) is 5.99. The number of fused-ring (bicyclic) bond motifs is 4. The third-order valence-corrected chi connectivity index (χ3v) is 5.73. The van der Waals surface area contributed by atoms with Gasteiger partial charge in [-0.05, 0) is 24.1 Å². The van der Waals surface area contributed by atoms with Crippen LogP contribution in [-0.4, -0.2) is 35.2 Å². The molecule has 1 spiro atoms. The summed E-state index contributed by atoms with van der Waals surface area (Å²) in [5.74, 6) is -3.19. The van der Waals surface area contributed by atoms with Gasteiger partial charge in [0, 0.05) is 23.8 Å². The van der Waals surface area contributed by atoms with Gasteiger partial charge in [-0.2, -0.15) is 0 Å². The quantitative estimate of drug-likeness (QED) is 0.633. The van der Waals surface area contributed by atoms with Crippen LogP contribution in [0.4, 0.5) is 10.1 Å². The molecule has 2 fully saturated rings. The molecule has 1 aromatic rings. The normalized spacial score (nSPS) is 32.4. The number of halogens is 1. The number of nitrogens with zero attached hydrogens (tertiary/aromatic N) is 1. The number of anilines is 1. The third kappa shape index (κ3) is 1.92. The lowest BCUT2D eigenvalue weighted by Crippen LogP contribution is -2.54. The van der Waals surface area contributed by atoms with E-state index in [2.05, 4.69) is 17.2 Å². The Bertz CT molecular complexity index is 852. The number of likely N-dealkylation sites (tertiary alicyclic amines) is 1. The Hall–Kier alpha value is -2.54. The fourth-order valence-electron chi connectivity index (χ4n) is 4.65. The largest absolute Gasteiger partial charge is 0.324 e. The minimum Gasteiger partial charge on any atom is -0.324 e. The summed E-state index contributed by atoms with van der Waals surface area (Å²) in [6.07, 6.45) is 1.49. The first kappa shape index (κ1) is 16.9. The van der Waals surface area contributed by atoms with Gasteiger partial charge in [0.1, 0.15) is 11.4 Å². The number of carbonyl (C=O) groups is 3. The van der Waals surface area contributed by atoms with Crippen LogP contribution in [-0.2, 0) is 19.9 Å². The topological polar surface area (TPSA) is 78.5 Å². The average molecular weight is 357 g/mol. The highest BCUT2D eigenvalue weighted by molar-refractivity contribution is 6.15. The Morgan fingerprint density at radius 2 is 2.04 bits per heavy atom. The molecule has 0 radical (unpaired) electrons. The molecule has 7 heteroatoms. The smallest absolute Gasteiger partial charge is 0.250 e. The molecule has 3 aliphatic rings. The van der Waals surface area contributed by atoms with Crippen molar-refractivity contribution in [3.63, 3.8) is 0 Å². The maximum atomic E-state index is 14.0. The number of imide groups is 1. The van der Waals surface area contributed by atoms with Crippen molar-refractivity contribution < 1.29 is 18.8 Å². The van der Waals surface area contributed by atoms with E-state index in [0.29, 0.717) is 11.3 Å². The van der Waals surface area contributed by atoms with Crippen LogP contribution in [0.3, 0.4) is 0 Å². The van der Waals surface area contributed by atoms with E-state index in [0.717, 1.165) is 4.90 Å². The van der Waals surface area contributed by atoms with Crippen LogP contribution < -0.4 is 10.6 Å². The Kier molecular flexibility index (Phi) is 3.56. The summed E-state index contributed by atoms with van der Waals surface area (Å²) < 4.78 is 14.0. The molecule has 6 nitrogen and oxygen atoms in total. The van der Waals surface area contributed by atoms with E-state index in [1.807, 2.05) is 13.8 Å². The van der Waals surface area contributed by atoms with Crippen molar-refractivity contribution in [1.29, 1.82) is 0 Å². The van der Waals surface area contributed by atoms with E-state index in [1.165, 1.54) is 24.3 Å². The van der Waals surface area contributed by atoms with E-state index in [9.17, 15) is 18.8 Å². The van der Waals surface area contributed by atoms with E-state index in [4.69, 9.17) is 0 Å². The molecule has 4 atom stereocenters. The van der Waals surface area contributed by atoms with E-state index >= 15 is 0 Å². The molecule has 3 amide bonds. The first-order valence-corrected chi connectivity index (χ1v) is 8.68. The Morgan fingerprint density at radius 1 is 1.31 bits per heavy atom. The zero-order valence-corrected chi connectivity index (χ0v) is 14.6. The fourth-order valence-corrected chi connectivity index (χ4v) is 4.65. The van der Waals surface area contributed by atoms with Gasteiger partial charge in [0.05, 0.1) is 11.8 Å². The van der Waals surface area contributed by atoms with Crippen LogP contribution in [0.25, 0.3) is 0 Å². The summed E-state index contributed by atoms with van der Waals surface area (Å²) in [7, 11) is 0. The van der Waals surface area contributed by atoms with Crippen LogP contribution in [0.15, 0.2) is 30.9 Å². The molecular weight excluding hydrogens is 337 g/mol. The number of rotatable bonds is 3. The average Bonchev–Trinajstić information content (AvgIpc) is 3.17. The Morgan fingerprint density at radius 3 is 2.69 bits per heavy atom. The van der Waals surface area contributed by atoms with Crippen molar-refractivity contribution in [2.75, 3.05) is 11.9 Å². The van der Waals surface area contributed by atoms with Crippen molar-refractivity contribution in [2.45, 2.75) is 25.4 Å². The first-order valence-electron chi connectivity index (χ1n) is 8.68. The van der Waals surface area contributed by atoms with Gasteiger partial charge < -0.3 is 5.32 Å². The molecule has 4 unspecified atom stereocenters. The van der Waals surface area contributed by atoms with Gasteiger partial charge in [-0.3, -0.25) is 24.6 Å². The third-order valence-electron chi connectivity index (χ3n) is 5.73. The molecule has 0 aliphatic carbocycles. The number of benzene rings is 1. The number of hydrogen-bond donors (Lipinski definition) is 2. The molecule has 2 N–H and O–H groups in total. The lowest BCUT2D eigenvalue weighted by atomic mass is 9.76. The highest BCUT2D eigenvalue weighted by atomic mass is 19.1. The van der Waals surface area contributed by atoms with Crippen LogP contribution in [0.2, 0.25) is 0 Å². The predicted molar refractivity (Wildman–Crippen MR) is 92.4 cm³/mol. The van der Waals surface area contributed by atoms with Gasteiger partial charge in [0.15, 0.2) is 0 Å². The fraction of sp³-hybridized carbons (Fsp3) is 0.421. The number of amides is 3. The second-order valence-electron chi connectivity index (χ2n) is 7.45. The molecule has 0 aromatic heterocycles. The maximum absolute atomic E-state index is 14.0.